The molecule has 3 rings (SSSR count). The minimum absolute atomic E-state index is 0.0394. The molecule has 1 N–H and O–H groups in total. The van der Waals surface area contributed by atoms with Crippen molar-refractivity contribution in [1.29, 1.82) is 0 Å². The number of nitrogens with one attached hydrogen (secondary N) is 1. The molecule has 0 atom stereocenters. The van der Waals surface area contributed by atoms with Gasteiger partial charge in [0.1, 0.15) is 5.70 Å². The number of likely N-dealkylation sites (N-methyl/N-ethyl adjacent to an activating group) is 1. The van der Waals surface area contributed by atoms with Gasteiger partial charge >= 0.3 is 0 Å². The molecule has 0 unspecified atom stereocenters. The zero-order valence-electron chi connectivity index (χ0n) is 16.1. The summed E-state index contributed by atoms with van der Waals surface area (Å²) in [5.41, 5.74) is 1.12. The molecule has 0 spiro atoms. The Hall–Kier alpha value is -3.52. The number of rotatable bonds is 5. The Morgan fingerprint density at radius 2 is 1.62 bits per heavy atom. The lowest BCUT2D eigenvalue weighted by Crippen LogP contribution is -2.49. The zero-order chi connectivity index (χ0) is 20.8. The summed E-state index contributed by atoms with van der Waals surface area (Å²) >= 11 is 0. The lowest BCUT2D eigenvalue weighted by Gasteiger charge is -2.33. The van der Waals surface area contributed by atoms with Gasteiger partial charge < -0.3 is 15.1 Å². The predicted molar refractivity (Wildman–Crippen MR) is 109 cm³/mol. The number of hydrogen-bond donors (Lipinski definition) is 1. The van der Waals surface area contributed by atoms with Crippen molar-refractivity contribution in [2.45, 2.75) is 0 Å². The first-order valence-electron chi connectivity index (χ1n) is 9.24. The maximum Gasteiger partial charge on any atom is 0.270 e. The fourth-order valence-corrected chi connectivity index (χ4v) is 2.97. The van der Waals surface area contributed by atoms with Gasteiger partial charge in [-0.3, -0.25) is 19.7 Å². The van der Waals surface area contributed by atoms with Gasteiger partial charge in [-0.15, -0.1) is 0 Å². The Bertz CT molecular complexity index is 917. The molecule has 150 valence electrons. The average molecular weight is 394 g/mol. The maximum atomic E-state index is 13.1. The maximum absolute atomic E-state index is 13.1. The van der Waals surface area contributed by atoms with Crippen molar-refractivity contribution in [2.24, 2.45) is 0 Å². The van der Waals surface area contributed by atoms with Crippen LogP contribution in [-0.2, 0) is 4.79 Å². The molecule has 0 saturated carbocycles. The van der Waals surface area contributed by atoms with E-state index >= 15 is 0 Å². The third kappa shape index (κ3) is 5.26. The molecule has 1 heterocycles. The summed E-state index contributed by atoms with van der Waals surface area (Å²) in [4.78, 5) is 39.9. The summed E-state index contributed by atoms with van der Waals surface area (Å²) in [6, 6.07) is 14.5. The van der Waals surface area contributed by atoms with E-state index < -0.39 is 4.92 Å². The molecule has 0 aliphatic carbocycles. The molecule has 0 bridgehead atoms. The molecule has 29 heavy (non-hydrogen) atoms. The summed E-state index contributed by atoms with van der Waals surface area (Å²) in [5, 5.41) is 13.6. The Balaban J connectivity index is 1.86. The van der Waals surface area contributed by atoms with Gasteiger partial charge in [0.2, 0.25) is 0 Å². The van der Waals surface area contributed by atoms with Crippen molar-refractivity contribution >= 4 is 23.6 Å². The zero-order valence-corrected chi connectivity index (χ0v) is 16.1. The lowest BCUT2D eigenvalue weighted by atomic mass is 10.1. The standard InChI is InChI=1S/C21H22N4O4/c1-23-11-13-24(14-12-23)21(27)19(22-20(26)17-5-3-2-4-6-17)15-16-7-9-18(10-8-16)25(28)29/h2-10,15H,11-14H2,1H3,(H,22,26)/b19-15+. The van der Waals surface area contributed by atoms with Crippen molar-refractivity contribution in [3.05, 3.63) is 81.5 Å². The van der Waals surface area contributed by atoms with E-state index in [9.17, 15) is 19.7 Å². The smallest absolute Gasteiger partial charge is 0.270 e. The average Bonchev–Trinajstić information content (AvgIpc) is 2.74. The molecule has 8 nitrogen and oxygen atoms in total. The second-order valence-corrected chi connectivity index (χ2v) is 6.82. The summed E-state index contributed by atoms with van der Waals surface area (Å²) < 4.78 is 0. The second-order valence-electron chi connectivity index (χ2n) is 6.82. The van der Waals surface area contributed by atoms with Gasteiger partial charge in [0.05, 0.1) is 4.92 Å². The second kappa shape index (κ2) is 9.11. The van der Waals surface area contributed by atoms with E-state index in [1.54, 1.807) is 53.4 Å². The normalized spacial score (nSPS) is 15.1. The van der Waals surface area contributed by atoms with Crippen molar-refractivity contribution in [3.63, 3.8) is 0 Å². The Morgan fingerprint density at radius 3 is 2.21 bits per heavy atom. The van der Waals surface area contributed by atoms with Gasteiger partial charge in [-0.05, 0) is 43.0 Å². The number of non-ortho nitro benzene ring substituents is 1. The number of benzene rings is 2. The SMILES string of the molecule is CN1CCN(C(=O)/C(=C\c2ccc([N+](=O)[O-])cc2)NC(=O)c2ccccc2)CC1. The van der Waals surface area contributed by atoms with E-state index in [1.807, 2.05) is 7.05 Å². The summed E-state index contributed by atoms with van der Waals surface area (Å²) in [7, 11) is 1.99. The Morgan fingerprint density at radius 1 is 1.00 bits per heavy atom. The van der Waals surface area contributed by atoms with E-state index in [0.29, 0.717) is 24.2 Å². The highest BCUT2D eigenvalue weighted by Crippen LogP contribution is 2.15. The predicted octanol–water partition coefficient (Wildman–Crippen LogP) is 2.14. The molecule has 0 radical (unpaired) electrons. The van der Waals surface area contributed by atoms with E-state index in [1.165, 1.54) is 12.1 Å². The van der Waals surface area contributed by atoms with Crippen molar-refractivity contribution in [2.75, 3.05) is 33.2 Å². The van der Waals surface area contributed by atoms with Crippen LogP contribution in [0.1, 0.15) is 15.9 Å². The van der Waals surface area contributed by atoms with Crippen molar-refractivity contribution in [1.82, 2.24) is 15.1 Å². The van der Waals surface area contributed by atoms with Crippen LogP contribution in [0.4, 0.5) is 5.69 Å². The number of nitro benzene ring substituents is 1. The molecule has 0 aromatic heterocycles. The largest absolute Gasteiger partial charge is 0.335 e. The first-order valence-corrected chi connectivity index (χ1v) is 9.24. The first kappa shape index (κ1) is 20.2. The van der Waals surface area contributed by atoms with Crippen LogP contribution in [0.3, 0.4) is 0 Å². The molecule has 1 aliphatic heterocycles. The molecular formula is C21H22N4O4. The molecule has 2 aromatic rings. The summed E-state index contributed by atoms with van der Waals surface area (Å²) in [5.74, 6) is -0.665. The number of carbonyl (C=O) groups is 2. The quantitative estimate of drug-likeness (QED) is 0.476. The number of nitro groups is 1. The number of carbonyl (C=O) groups excluding carboxylic acids is 2. The summed E-state index contributed by atoms with van der Waals surface area (Å²) in [6.07, 6.45) is 1.55. The number of hydrogen-bond acceptors (Lipinski definition) is 5. The highest BCUT2D eigenvalue weighted by molar-refractivity contribution is 6.05. The van der Waals surface area contributed by atoms with Gasteiger partial charge in [0, 0.05) is 43.9 Å². The molecule has 8 heteroatoms. The highest BCUT2D eigenvalue weighted by atomic mass is 16.6. The van der Waals surface area contributed by atoms with Crippen LogP contribution in [0.5, 0.6) is 0 Å². The minimum Gasteiger partial charge on any atom is -0.335 e. The van der Waals surface area contributed by atoms with Gasteiger partial charge in [-0.2, -0.15) is 0 Å². The van der Waals surface area contributed by atoms with Crippen molar-refractivity contribution in [3.8, 4) is 0 Å². The number of amides is 2. The number of nitrogens with zero attached hydrogens (tertiary/aromatic N) is 3. The number of piperazine rings is 1. The lowest BCUT2D eigenvalue weighted by molar-refractivity contribution is -0.384. The van der Waals surface area contributed by atoms with E-state index in [-0.39, 0.29) is 23.2 Å². The first-order chi connectivity index (χ1) is 13.9. The van der Waals surface area contributed by atoms with Crippen LogP contribution in [0.15, 0.2) is 60.3 Å². The fraction of sp³-hybridized carbons (Fsp3) is 0.238. The van der Waals surface area contributed by atoms with Gasteiger partial charge in [-0.25, -0.2) is 0 Å². The third-order valence-electron chi connectivity index (χ3n) is 4.72. The molecule has 2 aromatic carbocycles. The minimum atomic E-state index is -0.485. The Kier molecular flexibility index (Phi) is 6.36. The molecular weight excluding hydrogens is 372 g/mol. The van der Waals surface area contributed by atoms with Crippen LogP contribution >= 0.6 is 0 Å². The molecule has 1 fully saturated rings. The van der Waals surface area contributed by atoms with Crippen molar-refractivity contribution < 1.29 is 14.5 Å². The topological polar surface area (TPSA) is 95.8 Å². The van der Waals surface area contributed by atoms with E-state index in [0.717, 1.165) is 13.1 Å². The van der Waals surface area contributed by atoms with Crippen LogP contribution in [0.2, 0.25) is 0 Å². The fourth-order valence-electron chi connectivity index (χ4n) is 2.97. The highest BCUT2D eigenvalue weighted by Gasteiger charge is 2.24. The van der Waals surface area contributed by atoms with E-state index in [4.69, 9.17) is 0 Å². The van der Waals surface area contributed by atoms with Crippen LogP contribution in [0, 0.1) is 10.1 Å². The molecule has 1 aliphatic rings. The summed E-state index contributed by atoms with van der Waals surface area (Å²) in [6.45, 7) is 2.63. The van der Waals surface area contributed by atoms with Gasteiger partial charge in [-0.1, -0.05) is 18.2 Å². The molecule has 1 saturated heterocycles. The van der Waals surface area contributed by atoms with E-state index in [2.05, 4.69) is 10.2 Å². The van der Waals surface area contributed by atoms with Crippen LogP contribution < -0.4 is 5.32 Å². The third-order valence-corrected chi connectivity index (χ3v) is 4.72. The van der Waals surface area contributed by atoms with Gasteiger partial charge in [0.25, 0.3) is 17.5 Å². The van der Waals surface area contributed by atoms with Gasteiger partial charge in [0.15, 0.2) is 0 Å². The Labute approximate surface area is 168 Å². The van der Waals surface area contributed by atoms with Crippen LogP contribution in [-0.4, -0.2) is 59.8 Å². The van der Waals surface area contributed by atoms with Crippen LogP contribution in [0.25, 0.3) is 6.08 Å². The monoisotopic (exact) mass is 394 g/mol. The molecule has 2 amide bonds.